The minimum Gasteiger partial charge on any atom is -0.330 e. The van der Waals surface area contributed by atoms with E-state index in [2.05, 4.69) is 15.5 Å². The second-order valence-electron chi connectivity index (χ2n) is 4.64. The third-order valence-corrected chi connectivity index (χ3v) is 6.24. The summed E-state index contributed by atoms with van der Waals surface area (Å²) in [4.78, 5) is 10.9. The molecule has 1 amide bonds. The van der Waals surface area contributed by atoms with Crippen LogP contribution in [-0.4, -0.2) is 48.5 Å². The van der Waals surface area contributed by atoms with Crippen molar-refractivity contribution in [3.63, 3.8) is 0 Å². The normalized spacial score (nSPS) is 18.1. The maximum atomic E-state index is 12.4. The van der Waals surface area contributed by atoms with Crippen LogP contribution >= 0.6 is 11.3 Å². The van der Waals surface area contributed by atoms with Gasteiger partial charge in [0.2, 0.25) is 15.4 Å². The highest BCUT2D eigenvalue weighted by Crippen LogP contribution is 2.26. The summed E-state index contributed by atoms with van der Waals surface area (Å²) in [5.74, 6) is 0.0691. The molecular formula is C10H17N5O3S2. The second kappa shape index (κ2) is 6.12. The summed E-state index contributed by atoms with van der Waals surface area (Å²) in [6, 6.07) is 0. The third-order valence-electron chi connectivity index (χ3n) is 3.16. The number of sulfonamides is 1. The molecule has 10 heteroatoms. The molecule has 0 unspecified atom stereocenters. The number of nitrogens with two attached hydrogens (primary N) is 1. The molecule has 2 rings (SSSR count). The Morgan fingerprint density at radius 3 is 2.65 bits per heavy atom. The van der Waals surface area contributed by atoms with Gasteiger partial charge in [-0.25, -0.2) is 8.42 Å². The molecule has 0 aromatic carbocycles. The third kappa shape index (κ3) is 3.32. The van der Waals surface area contributed by atoms with Crippen LogP contribution in [0.1, 0.15) is 19.8 Å². The van der Waals surface area contributed by atoms with Gasteiger partial charge in [-0.1, -0.05) is 11.3 Å². The monoisotopic (exact) mass is 319 g/mol. The number of rotatable bonds is 4. The molecule has 1 aliphatic heterocycles. The number of nitrogens with one attached hydrogen (secondary N) is 1. The number of carbonyl (C=O) groups is 1. The van der Waals surface area contributed by atoms with E-state index >= 15 is 0 Å². The van der Waals surface area contributed by atoms with E-state index in [9.17, 15) is 13.2 Å². The number of hydrogen-bond acceptors (Lipinski definition) is 7. The average Bonchev–Trinajstić information content (AvgIpc) is 2.87. The van der Waals surface area contributed by atoms with Crippen LogP contribution in [0.4, 0.5) is 5.13 Å². The summed E-state index contributed by atoms with van der Waals surface area (Å²) in [6.07, 6.45) is 1.51. The first-order valence-electron chi connectivity index (χ1n) is 6.25. The Hall–Kier alpha value is -1.10. The number of hydrogen-bond donors (Lipinski definition) is 2. The largest absolute Gasteiger partial charge is 0.330 e. The number of piperidine rings is 1. The van der Waals surface area contributed by atoms with Crippen molar-refractivity contribution in [2.24, 2.45) is 11.7 Å². The van der Waals surface area contributed by atoms with Crippen molar-refractivity contribution < 1.29 is 13.2 Å². The number of amides is 1. The molecule has 0 bridgehead atoms. The van der Waals surface area contributed by atoms with Crippen molar-refractivity contribution in [1.29, 1.82) is 0 Å². The first kappa shape index (κ1) is 15.3. The van der Waals surface area contributed by atoms with Gasteiger partial charge < -0.3 is 11.1 Å². The zero-order valence-electron chi connectivity index (χ0n) is 11.1. The fourth-order valence-corrected chi connectivity index (χ4v) is 4.57. The van der Waals surface area contributed by atoms with Gasteiger partial charge >= 0.3 is 0 Å². The van der Waals surface area contributed by atoms with E-state index in [0.717, 1.165) is 24.2 Å². The van der Waals surface area contributed by atoms with Crippen molar-refractivity contribution in [1.82, 2.24) is 14.5 Å². The summed E-state index contributed by atoms with van der Waals surface area (Å²) in [6.45, 7) is 2.80. The Bertz CT molecular complexity index is 577. The lowest BCUT2D eigenvalue weighted by Gasteiger charge is -2.29. The number of carbonyl (C=O) groups excluding carboxylic acids is 1. The van der Waals surface area contributed by atoms with Crippen LogP contribution in [0.5, 0.6) is 0 Å². The Morgan fingerprint density at radius 1 is 1.45 bits per heavy atom. The predicted octanol–water partition coefficient (Wildman–Crippen LogP) is -0.144. The lowest BCUT2D eigenvalue weighted by atomic mass is 9.99. The number of aromatic nitrogens is 2. The van der Waals surface area contributed by atoms with E-state index in [4.69, 9.17) is 5.73 Å². The van der Waals surface area contributed by atoms with Crippen molar-refractivity contribution in [3.05, 3.63) is 0 Å². The molecule has 0 spiro atoms. The van der Waals surface area contributed by atoms with Gasteiger partial charge in [-0.3, -0.25) is 4.79 Å². The van der Waals surface area contributed by atoms with Crippen LogP contribution in [0, 0.1) is 5.92 Å². The van der Waals surface area contributed by atoms with Gasteiger partial charge in [-0.05, 0) is 25.3 Å². The first-order valence-corrected chi connectivity index (χ1v) is 8.50. The Balaban J connectivity index is 2.10. The van der Waals surface area contributed by atoms with Crippen LogP contribution in [0.25, 0.3) is 0 Å². The molecule has 112 valence electrons. The van der Waals surface area contributed by atoms with Crippen LogP contribution in [-0.2, 0) is 14.8 Å². The van der Waals surface area contributed by atoms with Gasteiger partial charge in [0.05, 0.1) is 0 Å². The van der Waals surface area contributed by atoms with Crippen molar-refractivity contribution in [2.75, 3.05) is 25.0 Å². The minimum atomic E-state index is -3.62. The maximum Gasteiger partial charge on any atom is 0.272 e. The zero-order valence-corrected chi connectivity index (χ0v) is 12.7. The van der Waals surface area contributed by atoms with Gasteiger partial charge in [-0.2, -0.15) is 4.31 Å². The summed E-state index contributed by atoms with van der Waals surface area (Å²) in [5, 5.41) is 9.92. The molecule has 1 aliphatic rings. The maximum absolute atomic E-state index is 12.4. The summed E-state index contributed by atoms with van der Waals surface area (Å²) < 4.78 is 26.1. The van der Waals surface area contributed by atoms with Crippen LogP contribution in [0.3, 0.4) is 0 Å². The fraction of sp³-hybridized carbons (Fsp3) is 0.700. The van der Waals surface area contributed by atoms with Crippen LogP contribution in [0.2, 0.25) is 0 Å². The average molecular weight is 319 g/mol. The molecule has 0 radical (unpaired) electrons. The van der Waals surface area contributed by atoms with E-state index in [1.165, 1.54) is 11.2 Å². The molecule has 0 saturated carbocycles. The van der Waals surface area contributed by atoms with E-state index in [1.807, 2.05) is 0 Å². The highest BCUT2D eigenvalue weighted by atomic mass is 32.2. The fourth-order valence-electron chi connectivity index (χ4n) is 2.01. The number of anilines is 1. The SMILES string of the molecule is CC(=O)Nc1nnc(S(=O)(=O)N2CCC(CN)CC2)s1. The summed E-state index contributed by atoms with van der Waals surface area (Å²) in [7, 11) is -3.62. The number of nitrogens with zero attached hydrogens (tertiary/aromatic N) is 3. The Morgan fingerprint density at radius 2 is 2.10 bits per heavy atom. The highest BCUT2D eigenvalue weighted by molar-refractivity contribution is 7.91. The van der Waals surface area contributed by atoms with E-state index in [1.54, 1.807) is 0 Å². The topological polar surface area (TPSA) is 118 Å². The zero-order chi connectivity index (χ0) is 14.8. The molecular weight excluding hydrogens is 302 g/mol. The summed E-state index contributed by atoms with van der Waals surface area (Å²) >= 11 is 0.860. The predicted molar refractivity (Wildman–Crippen MR) is 74.7 cm³/mol. The molecule has 1 aromatic heterocycles. The molecule has 20 heavy (non-hydrogen) atoms. The van der Waals surface area contributed by atoms with Gasteiger partial charge in [0, 0.05) is 20.0 Å². The molecule has 1 aromatic rings. The molecule has 2 heterocycles. The minimum absolute atomic E-state index is 0.0903. The van der Waals surface area contributed by atoms with Crippen molar-refractivity contribution in [2.45, 2.75) is 24.1 Å². The molecule has 0 aliphatic carbocycles. The molecule has 1 fully saturated rings. The Kier molecular flexibility index (Phi) is 4.68. The summed E-state index contributed by atoms with van der Waals surface area (Å²) in [5.41, 5.74) is 5.59. The van der Waals surface area contributed by atoms with Crippen LogP contribution in [0.15, 0.2) is 4.34 Å². The smallest absolute Gasteiger partial charge is 0.272 e. The quantitative estimate of drug-likeness (QED) is 0.745. The molecule has 1 saturated heterocycles. The molecule has 3 N–H and O–H groups in total. The van der Waals surface area contributed by atoms with Crippen molar-refractivity contribution in [3.8, 4) is 0 Å². The lowest BCUT2D eigenvalue weighted by molar-refractivity contribution is -0.114. The van der Waals surface area contributed by atoms with Gasteiger partial charge in [-0.15, -0.1) is 10.2 Å². The van der Waals surface area contributed by atoms with Gasteiger partial charge in [0.1, 0.15) is 0 Å². The standard InChI is InChI=1S/C10H17N5O3S2/c1-7(16)12-9-13-14-10(19-9)20(17,18)15-4-2-8(6-11)3-5-15/h8H,2-6,11H2,1H3,(H,12,13,16). The lowest BCUT2D eigenvalue weighted by Crippen LogP contribution is -2.39. The van der Waals surface area contributed by atoms with Crippen LogP contribution < -0.4 is 11.1 Å². The molecule has 8 nitrogen and oxygen atoms in total. The van der Waals surface area contributed by atoms with Gasteiger partial charge in [0.15, 0.2) is 0 Å². The second-order valence-corrected chi connectivity index (χ2v) is 7.73. The highest BCUT2D eigenvalue weighted by Gasteiger charge is 2.31. The Labute approximate surface area is 121 Å². The first-order chi connectivity index (χ1) is 9.43. The van der Waals surface area contributed by atoms with Gasteiger partial charge in [0.25, 0.3) is 10.0 Å². The van der Waals surface area contributed by atoms with E-state index in [0.29, 0.717) is 25.6 Å². The van der Waals surface area contributed by atoms with E-state index < -0.39 is 10.0 Å². The van der Waals surface area contributed by atoms with Crippen molar-refractivity contribution >= 4 is 32.4 Å². The molecule has 0 atom stereocenters. The van der Waals surface area contributed by atoms with E-state index in [-0.39, 0.29) is 15.4 Å².